The van der Waals surface area contributed by atoms with E-state index < -0.39 is 0 Å². The van der Waals surface area contributed by atoms with Crippen LogP contribution in [0.5, 0.6) is 5.75 Å². The molecule has 20 heavy (non-hydrogen) atoms. The van der Waals surface area contributed by atoms with Crippen LogP contribution in [0.25, 0.3) is 0 Å². The van der Waals surface area contributed by atoms with Crippen LogP contribution in [0.1, 0.15) is 57.6 Å². The molecule has 3 nitrogen and oxygen atoms in total. The predicted octanol–water partition coefficient (Wildman–Crippen LogP) is 3.96. The second-order valence-electron chi connectivity index (χ2n) is 5.85. The Hall–Kier alpha value is -1.09. The first kappa shape index (κ1) is 15.3. The smallest absolute Gasteiger partial charge is 0.137 e. The monoisotopic (exact) mass is 276 g/mol. The molecule has 1 heterocycles. The molecule has 1 aliphatic rings. The lowest BCUT2D eigenvalue weighted by atomic mass is 9.75. The van der Waals surface area contributed by atoms with Gasteiger partial charge in [-0.25, -0.2) is 0 Å². The van der Waals surface area contributed by atoms with Gasteiger partial charge < -0.3 is 10.1 Å². The van der Waals surface area contributed by atoms with Crippen LogP contribution in [-0.2, 0) is 0 Å². The van der Waals surface area contributed by atoms with E-state index >= 15 is 0 Å². The third-order valence-electron chi connectivity index (χ3n) is 4.59. The zero-order valence-electron chi connectivity index (χ0n) is 13.1. The molecule has 0 amide bonds. The number of nitrogens with zero attached hydrogens (tertiary/aromatic N) is 1. The SMILES string of the molecule is CCOc1cncc(C(NC)C2CCCC(CC)C2)c1. The molecule has 3 atom stereocenters. The first-order valence-electron chi connectivity index (χ1n) is 8.03. The van der Waals surface area contributed by atoms with Crippen LogP contribution in [0.4, 0.5) is 0 Å². The van der Waals surface area contributed by atoms with E-state index in [9.17, 15) is 0 Å². The minimum absolute atomic E-state index is 0.400. The zero-order valence-corrected chi connectivity index (χ0v) is 13.1. The van der Waals surface area contributed by atoms with Gasteiger partial charge in [0.1, 0.15) is 5.75 Å². The van der Waals surface area contributed by atoms with Gasteiger partial charge in [0.05, 0.1) is 12.8 Å². The van der Waals surface area contributed by atoms with Crippen LogP contribution in [0.3, 0.4) is 0 Å². The van der Waals surface area contributed by atoms with Gasteiger partial charge in [0, 0.05) is 12.2 Å². The molecule has 1 N–H and O–H groups in total. The summed E-state index contributed by atoms with van der Waals surface area (Å²) in [5.41, 5.74) is 1.26. The molecule has 0 spiro atoms. The Morgan fingerprint density at radius 1 is 1.35 bits per heavy atom. The highest BCUT2D eigenvalue weighted by Crippen LogP contribution is 2.38. The summed E-state index contributed by atoms with van der Waals surface area (Å²) >= 11 is 0. The second kappa shape index (κ2) is 7.63. The van der Waals surface area contributed by atoms with Crippen molar-refractivity contribution >= 4 is 0 Å². The summed E-state index contributed by atoms with van der Waals surface area (Å²) in [7, 11) is 2.06. The molecule has 0 aromatic carbocycles. The maximum absolute atomic E-state index is 5.58. The van der Waals surface area contributed by atoms with Crippen molar-refractivity contribution in [2.75, 3.05) is 13.7 Å². The fourth-order valence-electron chi connectivity index (χ4n) is 3.53. The summed E-state index contributed by atoms with van der Waals surface area (Å²) in [6.45, 7) is 5.02. The summed E-state index contributed by atoms with van der Waals surface area (Å²) in [5, 5.41) is 3.51. The van der Waals surface area contributed by atoms with E-state index in [1.165, 1.54) is 37.7 Å². The van der Waals surface area contributed by atoms with Gasteiger partial charge in [-0.1, -0.05) is 26.2 Å². The van der Waals surface area contributed by atoms with Gasteiger partial charge >= 0.3 is 0 Å². The maximum atomic E-state index is 5.58. The van der Waals surface area contributed by atoms with E-state index in [1.807, 2.05) is 13.1 Å². The van der Waals surface area contributed by atoms with Gasteiger partial charge in [-0.2, -0.15) is 0 Å². The molecule has 112 valence electrons. The van der Waals surface area contributed by atoms with Crippen molar-refractivity contribution in [2.24, 2.45) is 11.8 Å². The summed E-state index contributed by atoms with van der Waals surface area (Å²) in [6, 6.07) is 2.55. The summed E-state index contributed by atoms with van der Waals surface area (Å²) < 4.78 is 5.58. The number of pyridine rings is 1. The Kier molecular flexibility index (Phi) is 5.84. The molecular weight excluding hydrogens is 248 g/mol. The number of hydrogen-bond acceptors (Lipinski definition) is 3. The molecule has 1 aliphatic carbocycles. The van der Waals surface area contributed by atoms with Crippen molar-refractivity contribution in [2.45, 2.75) is 52.0 Å². The van der Waals surface area contributed by atoms with Crippen molar-refractivity contribution in [1.29, 1.82) is 0 Å². The highest BCUT2D eigenvalue weighted by Gasteiger charge is 2.28. The van der Waals surface area contributed by atoms with Gasteiger partial charge in [-0.15, -0.1) is 0 Å². The van der Waals surface area contributed by atoms with Crippen molar-refractivity contribution in [3.8, 4) is 5.75 Å². The third kappa shape index (κ3) is 3.72. The Morgan fingerprint density at radius 3 is 2.90 bits per heavy atom. The summed E-state index contributed by atoms with van der Waals surface area (Å²) in [4.78, 5) is 4.34. The molecule has 2 rings (SSSR count). The Balaban J connectivity index is 2.12. The Bertz CT molecular complexity index is 408. The molecule has 1 aromatic heterocycles. The molecule has 3 unspecified atom stereocenters. The van der Waals surface area contributed by atoms with Crippen molar-refractivity contribution in [1.82, 2.24) is 10.3 Å². The van der Waals surface area contributed by atoms with Gasteiger partial charge in [0.15, 0.2) is 0 Å². The molecule has 1 fully saturated rings. The number of rotatable bonds is 6. The topological polar surface area (TPSA) is 34.1 Å². The Morgan fingerprint density at radius 2 is 2.20 bits per heavy atom. The van der Waals surface area contributed by atoms with E-state index in [4.69, 9.17) is 4.74 Å². The largest absolute Gasteiger partial charge is 0.492 e. The molecule has 1 saturated carbocycles. The number of hydrogen-bond donors (Lipinski definition) is 1. The van der Waals surface area contributed by atoms with Gasteiger partial charge in [0.2, 0.25) is 0 Å². The average molecular weight is 276 g/mol. The standard InChI is InChI=1S/C17H28N2O/c1-4-13-7-6-8-14(9-13)17(18-3)15-10-16(20-5-2)12-19-11-15/h10-14,17-18H,4-9H2,1-3H3. The first-order valence-corrected chi connectivity index (χ1v) is 8.03. The van der Waals surface area contributed by atoms with Gasteiger partial charge in [-0.05, 0) is 50.3 Å². The maximum Gasteiger partial charge on any atom is 0.137 e. The van der Waals surface area contributed by atoms with Crippen LogP contribution in [0.15, 0.2) is 18.5 Å². The van der Waals surface area contributed by atoms with Crippen LogP contribution in [0, 0.1) is 11.8 Å². The third-order valence-corrected chi connectivity index (χ3v) is 4.59. The molecular formula is C17H28N2O. The lowest BCUT2D eigenvalue weighted by Crippen LogP contribution is -2.29. The van der Waals surface area contributed by atoms with Crippen LogP contribution in [0.2, 0.25) is 0 Å². The number of aromatic nitrogens is 1. The highest BCUT2D eigenvalue weighted by molar-refractivity contribution is 5.26. The van der Waals surface area contributed by atoms with Gasteiger partial charge in [0.25, 0.3) is 0 Å². The van der Waals surface area contributed by atoms with E-state index in [0.717, 1.165) is 17.6 Å². The molecule has 0 saturated heterocycles. The van der Waals surface area contributed by atoms with Crippen LogP contribution < -0.4 is 10.1 Å². The molecule has 0 aliphatic heterocycles. The zero-order chi connectivity index (χ0) is 14.4. The van der Waals surface area contributed by atoms with Gasteiger partial charge in [-0.3, -0.25) is 4.98 Å². The van der Waals surface area contributed by atoms with Crippen molar-refractivity contribution in [3.63, 3.8) is 0 Å². The quantitative estimate of drug-likeness (QED) is 0.854. The number of ether oxygens (including phenoxy) is 1. The fourth-order valence-corrected chi connectivity index (χ4v) is 3.53. The Labute approximate surface area is 123 Å². The highest BCUT2D eigenvalue weighted by atomic mass is 16.5. The van der Waals surface area contributed by atoms with E-state index in [-0.39, 0.29) is 0 Å². The molecule has 1 aromatic rings. The van der Waals surface area contributed by atoms with E-state index in [1.54, 1.807) is 6.20 Å². The lowest BCUT2D eigenvalue weighted by Gasteiger charge is -2.34. The second-order valence-corrected chi connectivity index (χ2v) is 5.85. The molecule has 3 heteroatoms. The van der Waals surface area contributed by atoms with E-state index in [2.05, 4.69) is 30.3 Å². The van der Waals surface area contributed by atoms with Crippen LogP contribution >= 0.6 is 0 Å². The fraction of sp³-hybridized carbons (Fsp3) is 0.706. The summed E-state index contributed by atoms with van der Waals surface area (Å²) in [5.74, 6) is 2.50. The molecule has 0 radical (unpaired) electrons. The predicted molar refractivity (Wildman–Crippen MR) is 82.9 cm³/mol. The normalized spacial score (nSPS) is 24.4. The van der Waals surface area contributed by atoms with Crippen molar-refractivity contribution in [3.05, 3.63) is 24.0 Å². The molecule has 0 bridgehead atoms. The summed E-state index contributed by atoms with van der Waals surface area (Å²) in [6.07, 6.45) is 10.5. The first-order chi connectivity index (χ1) is 9.78. The minimum atomic E-state index is 0.400. The minimum Gasteiger partial charge on any atom is -0.492 e. The van der Waals surface area contributed by atoms with E-state index in [0.29, 0.717) is 12.6 Å². The van der Waals surface area contributed by atoms with Crippen LogP contribution in [-0.4, -0.2) is 18.6 Å². The van der Waals surface area contributed by atoms with Crippen molar-refractivity contribution < 1.29 is 4.74 Å². The average Bonchev–Trinajstić information content (AvgIpc) is 2.49. The number of nitrogens with one attached hydrogen (secondary N) is 1. The lowest BCUT2D eigenvalue weighted by molar-refractivity contribution is 0.214.